The molecule has 0 amide bonds. The van der Waals surface area contributed by atoms with Crippen LogP contribution in [0.2, 0.25) is 0 Å². The van der Waals surface area contributed by atoms with Crippen molar-refractivity contribution in [2.24, 2.45) is 46.8 Å². The van der Waals surface area contributed by atoms with E-state index in [1.807, 2.05) is 13.8 Å². The van der Waals surface area contributed by atoms with Crippen LogP contribution in [0, 0.1) is 46.8 Å². The molecule has 3 saturated carbocycles. The van der Waals surface area contributed by atoms with Gasteiger partial charge in [0.25, 0.3) is 0 Å². The Morgan fingerprint density at radius 3 is 1.64 bits per heavy atom. The molecule has 25 heavy (non-hydrogen) atoms. The molecule has 3 rings (SSSR count). The zero-order valence-corrected chi connectivity index (χ0v) is 17.9. The second kappa shape index (κ2) is 9.80. The van der Waals surface area contributed by atoms with Crippen LogP contribution >= 0.6 is 0 Å². The molecule has 0 aromatic heterocycles. The van der Waals surface area contributed by atoms with Gasteiger partial charge < -0.3 is 0 Å². The molecule has 0 saturated heterocycles. The summed E-state index contributed by atoms with van der Waals surface area (Å²) in [5.74, 6) is 7.19. The average Bonchev–Trinajstić information content (AvgIpc) is 3.28. The summed E-state index contributed by atoms with van der Waals surface area (Å²) in [4.78, 5) is 0. The molecule has 0 spiro atoms. The van der Waals surface area contributed by atoms with Gasteiger partial charge >= 0.3 is 0 Å². The summed E-state index contributed by atoms with van der Waals surface area (Å²) in [6.45, 7) is 16.5. The lowest BCUT2D eigenvalue weighted by molar-refractivity contribution is -0.0330. The van der Waals surface area contributed by atoms with Gasteiger partial charge in [0.15, 0.2) is 0 Å². The summed E-state index contributed by atoms with van der Waals surface area (Å²) < 4.78 is 0. The van der Waals surface area contributed by atoms with Gasteiger partial charge in [0.1, 0.15) is 0 Å². The van der Waals surface area contributed by atoms with E-state index in [1.165, 1.54) is 32.1 Å². The fourth-order valence-electron chi connectivity index (χ4n) is 7.90. The fourth-order valence-corrected chi connectivity index (χ4v) is 7.90. The number of hydrogen-bond acceptors (Lipinski definition) is 0. The second-order valence-corrected chi connectivity index (χ2v) is 9.45. The maximum absolute atomic E-state index is 2.64. The second-order valence-electron chi connectivity index (χ2n) is 9.45. The van der Waals surface area contributed by atoms with Gasteiger partial charge in [0.05, 0.1) is 0 Å². The Morgan fingerprint density at radius 1 is 0.800 bits per heavy atom. The first-order valence-electron chi connectivity index (χ1n) is 11.6. The van der Waals surface area contributed by atoms with Gasteiger partial charge in [-0.25, -0.2) is 0 Å². The van der Waals surface area contributed by atoms with Crippen LogP contribution in [-0.2, 0) is 0 Å². The summed E-state index contributed by atoms with van der Waals surface area (Å²) in [6, 6.07) is 0. The third-order valence-corrected chi connectivity index (χ3v) is 8.39. The van der Waals surface area contributed by atoms with Gasteiger partial charge in [-0.1, -0.05) is 81.6 Å². The highest BCUT2D eigenvalue weighted by atomic mass is 14.7. The van der Waals surface area contributed by atoms with E-state index in [-0.39, 0.29) is 7.43 Å². The molecule has 3 aliphatic rings. The third-order valence-electron chi connectivity index (χ3n) is 8.39. The number of hydrogen-bond donors (Lipinski definition) is 0. The highest BCUT2D eigenvalue weighted by Gasteiger charge is 2.65. The molecule has 0 heterocycles. The van der Waals surface area contributed by atoms with Crippen molar-refractivity contribution in [1.29, 1.82) is 0 Å². The highest BCUT2D eigenvalue weighted by molar-refractivity contribution is 5.13. The molecule has 0 heteroatoms. The molecule has 0 nitrogen and oxygen atoms in total. The molecule has 3 aliphatic carbocycles. The molecule has 150 valence electrons. The van der Waals surface area contributed by atoms with Crippen LogP contribution < -0.4 is 0 Å². The van der Waals surface area contributed by atoms with E-state index in [9.17, 15) is 0 Å². The third kappa shape index (κ3) is 3.70. The zero-order valence-electron chi connectivity index (χ0n) is 17.9. The standard InChI is InChI=1S/C22H40.C2H6.CH4/c1-6-16(5)22(17(7-2)14-15(3)4)20-12-8-10-18(20)19-11-9-13-21(19)22;1-2;/h15-21H,6-14H2,1-5H3;1-2H3;1H4. The molecule has 6 unspecified atom stereocenters. The Kier molecular flexibility index (Phi) is 9.03. The number of fused-ring (bicyclic) bond motifs is 3. The van der Waals surface area contributed by atoms with Gasteiger partial charge in [-0.05, 0) is 78.9 Å². The Balaban J connectivity index is 0.00000101. The van der Waals surface area contributed by atoms with Crippen molar-refractivity contribution in [3.05, 3.63) is 0 Å². The van der Waals surface area contributed by atoms with Crippen molar-refractivity contribution >= 4 is 0 Å². The largest absolute Gasteiger partial charge is 0.0776 e. The summed E-state index contributed by atoms with van der Waals surface area (Å²) in [5, 5.41) is 0. The smallest absolute Gasteiger partial charge is 0.0182 e. The summed E-state index contributed by atoms with van der Waals surface area (Å²) in [7, 11) is 0. The van der Waals surface area contributed by atoms with E-state index in [4.69, 9.17) is 0 Å². The van der Waals surface area contributed by atoms with Gasteiger partial charge in [0, 0.05) is 0 Å². The van der Waals surface area contributed by atoms with Crippen LogP contribution in [0.3, 0.4) is 0 Å². The average molecular weight is 351 g/mol. The minimum Gasteiger partial charge on any atom is -0.0776 e. The summed E-state index contributed by atoms with van der Waals surface area (Å²) in [6.07, 6.45) is 13.7. The lowest BCUT2D eigenvalue weighted by Crippen LogP contribution is -2.45. The topological polar surface area (TPSA) is 0 Å². The number of rotatable bonds is 6. The van der Waals surface area contributed by atoms with Crippen LogP contribution in [0.15, 0.2) is 0 Å². The first-order chi connectivity index (χ1) is 11.6. The molecule has 0 radical (unpaired) electrons. The van der Waals surface area contributed by atoms with Crippen molar-refractivity contribution in [3.8, 4) is 0 Å². The molecule has 0 N–H and O–H groups in total. The van der Waals surface area contributed by atoms with Crippen LogP contribution in [0.25, 0.3) is 0 Å². The first-order valence-corrected chi connectivity index (χ1v) is 11.6. The van der Waals surface area contributed by atoms with E-state index in [0.29, 0.717) is 5.41 Å². The molecule has 0 aliphatic heterocycles. The predicted octanol–water partition coefficient (Wildman–Crippen LogP) is 8.60. The monoisotopic (exact) mass is 350 g/mol. The molecule has 0 bridgehead atoms. The van der Waals surface area contributed by atoms with E-state index in [1.54, 1.807) is 25.7 Å². The van der Waals surface area contributed by atoms with E-state index < -0.39 is 0 Å². The minimum atomic E-state index is 0. The lowest BCUT2D eigenvalue weighted by atomic mass is 9.53. The SMILES string of the molecule is C.CC.CCC(C)C1(C(CC)CC(C)C)C2CCCC2C2CCCC21. The van der Waals surface area contributed by atoms with Crippen molar-refractivity contribution in [2.75, 3.05) is 0 Å². The summed E-state index contributed by atoms with van der Waals surface area (Å²) >= 11 is 0. The van der Waals surface area contributed by atoms with Crippen molar-refractivity contribution in [1.82, 2.24) is 0 Å². The molecule has 3 fully saturated rings. The Labute approximate surface area is 160 Å². The molecule has 6 atom stereocenters. The lowest BCUT2D eigenvalue weighted by Gasteiger charge is -2.51. The Morgan fingerprint density at radius 2 is 1.28 bits per heavy atom. The van der Waals surface area contributed by atoms with Crippen molar-refractivity contribution < 1.29 is 0 Å². The van der Waals surface area contributed by atoms with Crippen LogP contribution in [0.1, 0.15) is 114 Å². The first kappa shape index (κ1) is 23.0. The van der Waals surface area contributed by atoms with E-state index in [0.717, 1.165) is 41.4 Å². The highest BCUT2D eigenvalue weighted by Crippen LogP contribution is 2.71. The van der Waals surface area contributed by atoms with E-state index in [2.05, 4.69) is 34.6 Å². The van der Waals surface area contributed by atoms with Crippen LogP contribution in [-0.4, -0.2) is 0 Å². The fraction of sp³-hybridized carbons (Fsp3) is 1.00. The maximum Gasteiger partial charge on any atom is -0.0182 e. The molecule has 0 aromatic carbocycles. The van der Waals surface area contributed by atoms with Gasteiger partial charge in [0.2, 0.25) is 0 Å². The Hall–Kier alpha value is 0. The van der Waals surface area contributed by atoms with Crippen molar-refractivity contribution in [3.63, 3.8) is 0 Å². The van der Waals surface area contributed by atoms with E-state index >= 15 is 0 Å². The normalized spacial score (nSPS) is 38.4. The Bertz CT molecular complexity index is 348. The molecular weight excluding hydrogens is 300 g/mol. The van der Waals surface area contributed by atoms with Gasteiger partial charge in [-0.15, -0.1) is 0 Å². The molecular formula is C25H50. The zero-order chi connectivity index (χ0) is 17.9. The minimum absolute atomic E-state index is 0. The van der Waals surface area contributed by atoms with Gasteiger partial charge in [-0.2, -0.15) is 0 Å². The molecule has 0 aromatic rings. The predicted molar refractivity (Wildman–Crippen MR) is 115 cm³/mol. The van der Waals surface area contributed by atoms with Crippen LogP contribution in [0.5, 0.6) is 0 Å². The summed E-state index contributed by atoms with van der Waals surface area (Å²) in [5.41, 5.74) is 0.704. The maximum atomic E-state index is 2.64. The van der Waals surface area contributed by atoms with Crippen molar-refractivity contribution in [2.45, 2.75) is 114 Å². The van der Waals surface area contributed by atoms with Crippen LogP contribution in [0.4, 0.5) is 0 Å². The quantitative estimate of drug-likeness (QED) is 0.450. The van der Waals surface area contributed by atoms with Gasteiger partial charge in [-0.3, -0.25) is 0 Å².